The lowest BCUT2D eigenvalue weighted by atomic mass is 9.96. The van der Waals surface area contributed by atoms with E-state index >= 15 is 0 Å². The van der Waals surface area contributed by atoms with Crippen molar-refractivity contribution in [3.05, 3.63) is 45.8 Å². The number of ether oxygens (including phenoxy) is 2. The van der Waals surface area contributed by atoms with Crippen molar-refractivity contribution in [2.45, 2.75) is 60.5 Å². The van der Waals surface area contributed by atoms with E-state index in [2.05, 4.69) is 16.0 Å². The predicted octanol–water partition coefficient (Wildman–Crippen LogP) is 4.26. The van der Waals surface area contributed by atoms with E-state index in [4.69, 9.17) is 9.47 Å². The largest absolute Gasteiger partial charge is 0.490 e. The average Bonchev–Trinajstić information content (AvgIpc) is 3.01. The number of rotatable bonds is 8. The monoisotopic (exact) mass is 412 g/mol. The van der Waals surface area contributed by atoms with Gasteiger partial charge in [-0.05, 0) is 76.8 Å². The maximum atomic E-state index is 13.2. The first-order chi connectivity index (χ1) is 14.3. The second kappa shape index (κ2) is 9.04. The van der Waals surface area contributed by atoms with Gasteiger partial charge in [0, 0.05) is 24.3 Å². The lowest BCUT2D eigenvalue weighted by Crippen LogP contribution is -2.42. The van der Waals surface area contributed by atoms with Gasteiger partial charge in [0.15, 0.2) is 23.1 Å². The molecule has 1 N–H and O–H groups in total. The van der Waals surface area contributed by atoms with Crippen LogP contribution in [0.5, 0.6) is 11.5 Å². The number of aryl methyl sites for hydroxylation is 1. The van der Waals surface area contributed by atoms with Gasteiger partial charge < -0.3 is 14.5 Å². The van der Waals surface area contributed by atoms with Crippen molar-refractivity contribution >= 4 is 11.6 Å². The quantitative estimate of drug-likeness (QED) is 0.656. The summed E-state index contributed by atoms with van der Waals surface area (Å²) in [5.41, 5.74) is 5.07. The van der Waals surface area contributed by atoms with Crippen molar-refractivity contribution in [1.29, 1.82) is 0 Å². The van der Waals surface area contributed by atoms with Gasteiger partial charge in [0.2, 0.25) is 0 Å². The van der Waals surface area contributed by atoms with E-state index in [-0.39, 0.29) is 17.6 Å². The summed E-state index contributed by atoms with van der Waals surface area (Å²) < 4.78 is 11.5. The number of nitrogens with zero attached hydrogens (tertiary/aromatic N) is 1. The smallest absolute Gasteiger partial charge is 0.196 e. The molecule has 1 aromatic carbocycles. The van der Waals surface area contributed by atoms with Crippen LogP contribution < -0.4 is 9.47 Å². The number of hydrogen-bond donors (Lipinski definition) is 1. The molecule has 1 atom stereocenters. The highest BCUT2D eigenvalue weighted by Crippen LogP contribution is 2.34. The van der Waals surface area contributed by atoms with E-state index in [0.717, 1.165) is 41.3 Å². The molecule has 1 aliphatic heterocycles. The zero-order valence-electron chi connectivity index (χ0n) is 18.8. The Hall–Kier alpha value is -2.60. The molecule has 0 amide bonds. The minimum Gasteiger partial charge on any atom is -0.490 e. The first-order valence-corrected chi connectivity index (χ1v) is 10.7. The molecule has 0 saturated heterocycles. The lowest BCUT2D eigenvalue weighted by Gasteiger charge is -2.33. The number of fused-ring (bicyclic) bond motifs is 1. The zero-order valence-corrected chi connectivity index (χ0v) is 18.8. The third kappa shape index (κ3) is 4.15. The summed E-state index contributed by atoms with van der Waals surface area (Å²) in [5.74, 6) is 1.53. The number of carbonyl (C=O) groups is 2. The molecule has 0 unspecified atom stereocenters. The van der Waals surface area contributed by atoms with Gasteiger partial charge in [0.05, 0.1) is 24.9 Å². The summed E-state index contributed by atoms with van der Waals surface area (Å²) in [4.78, 5) is 30.5. The van der Waals surface area contributed by atoms with Crippen LogP contribution in [0.2, 0.25) is 0 Å². The van der Waals surface area contributed by atoms with E-state index < -0.39 is 0 Å². The van der Waals surface area contributed by atoms with Crippen LogP contribution in [0.25, 0.3) is 0 Å². The number of aromatic amines is 1. The molecule has 162 valence electrons. The zero-order chi connectivity index (χ0) is 22.0. The van der Waals surface area contributed by atoms with Gasteiger partial charge in [0.1, 0.15) is 0 Å². The fraction of sp³-hybridized carbons (Fsp3) is 0.500. The molecular weight excluding hydrogens is 380 g/mol. The van der Waals surface area contributed by atoms with Crippen LogP contribution in [0.1, 0.15) is 70.9 Å². The molecule has 2 heterocycles. The number of carbonyl (C=O) groups excluding carboxylic acids is 2. The Morgan fingerprint density at radius 2 is 1.70 bits per heavy atom. The van der Waals surface area contributed by atoms with Gasteiger partial charge in [-0.15, -0.1) is 0 Å². The molecule has 0 spiro atoms. The fourth-order valence-corrected chi connectivity index (χ4v) is 4.35. The normalized spacial score (nSPS) is 14.9. The van der Waals surface area contributed by atoms with Crippen LogP contribution in [-0.2, 0) is 13.0 Å². The van der Waals surface area contributed by atoms with Crippen molar-refractivity contribution in [1.82, 2.24) is 9.88 Å². The number of hydrogen-bond acceptors (Lipinski definition) is 5. The second-order valence-corrected chi connectivity index (χ2v) is 7.88. The molecule has 0 radical (unpaired) electrons. The van der Waals surface area contributed by atoms with Crippen LogP contribution in [0.4, 0.5) is 0 Å². The highest BCUT2D eigenvalue weighted by Gasteiger charge is 2.30. The van der Waals surface area contributed by atoms with Crippen LogP contribution in [0.3, 0.4) is 0 Å². The Labute approximate surface area is 178 Å². The topological polar surface area (TPSA) is 71.6 Å². The summed E-state index contributed by atoms with van der Waals surface area (Å²) in [6.07, 6.45) is 0.848. The van der Waals surface area contributed by atoms with Crippen LogP contribution in [0, 0.1) is 13.8 Å². The summed E-state index contributed by atoms with van der Waals surface area (Å²) in [7, 11) is 0. The number of benzene rings is 1. The van der Waals surface area contributed by atoms with Crippen molar-refractivity contribution in [3.8, 4) is 11.5 Å². The Bertz CT molecular complexity index is 961. The van der Waals surface area contributed by atoms with E-state index in [1.54, 1.807) is 0 Å². The molecular formula is C24H32N2O4. The van der Waals surface area contributed by atoms with Gasteiger partial charge in [-0.3, -0.25) is 14.5 Å². The van der Waals surface area contributed by atoms with E-state index in [1.807, 2.05) is 40.7 Å². The summed E-state index contributed by atoms with van der Waals surface area (Å²) >= 11 is 0. The minimum atomic E-state index is -0.295. The van der Waals surface area contributed by atoms with E-state index in [9.17, 15) is 9.59 Å². The molecule has 6 nitrogen and oxygen atoms in total. The fourth-order valence-electron chi connectivity index (χ4n) is 4.35. The molecule has 0 bridgehead atoms. The predicted molar refractivity (Wildman–Crippen MR) is 117 cm³/mol. The first-order valence-electron chi connectivity index (χ1n) is 10.7. The Morgan fingerprint density at radius 3 is 2.23 bits per heavy atom. The highest BCUT2D eigenvalue weighted by molar-refractivity contribution is 6.05. The highest BCUT2D eigenvalue weighted by atomic mass is 16.5. The Kier molecular flexibility index (Phi) is 6.66. The van der Waals surface area contributed by atoms with Gasteiger partial charge in [-0.25, -0.2) is 0 Å². The summed E-state index contributed by atoms with van der Waals surface area (Å²) in [6.45, 7) is 13.7. The average molecular weight is 413 g/mol. The van der Waals surface area contributed by atoms with Crippen molar-refractivity contribution in [2.75, 3.05) is 19.8 Å². The van der Waals surface area contributed by atoms with Crippen LogP contribution in [0.15, 0.2) is 12.1 Å². The van der Waals surface area contributed by atoms with Crippen molar-refractivity contribution in [3.63, 3.8) is 0 Å². The van der Waals surface area contributed by atoms with Gasteiger partial charge in [0.25, 0.3) is 0 Å². The number of Topliss-reactive ketones (excluding diaryl/α,β-unsaturated/α-hetero) is 2. The molecule has 3 rings (SSSR count). The summed E-state index contributed by atoms with van der Waals surface area (Å²) in [6, 6.07) is 3.83. The van der Waals surface area contributed by atoms with Gasteiger partial charge in [-0.1, -0.05) is 0 Å². The Morgan fingerprint density at radius 1 is 1.10 bits per heavy atom. The minimum absolute atomic E-state index is 0.0162. The summed E-state index contributed by atoms with van der Waals surface area (Å²) in [5, 5.41) is 0. The standard InChI is InChI=1S/C24H32N2O4/c1-7-29-20-11-18-9-10-26(13-19(18)12-21(20)30-8-2)16(5)24(28)23-14(3)22(17(6)27)15(4)25-23/h11-12,16,25H,7-10,13H2,1-6H3/t16-/m1/s1. The third-order valence-electron chi connectivity index (χ3n) is 5.87. The molecule has 0 fully saturated rings. The number of nitrogens with one attached hydrogen (secondary N) is 1. The maximum absolute atomic E-state index is 13.2. The van der Waals surface area contributed by atoms with Crippen molar-refractivity contribution < 1.29 is 19.1 Å². The number of ketones is 2. The van der Waals surface area contributed by atoms with Crippen LogP contribution in [-0.4, -0.2) is 47.3 Å². The van der Waals surface area contributed by atoms with Gasteiger partial charge >= 0.3 is 0 Å². The van der Waals surface area contributed by atoms with E-state index in [1.165, 1.54) is 12.5 Å². The molecule has 30 heavy (non-hydrogen) atoms. The second-order valence-electron chi connectivity index (χ2n) is 7.88. The third-order valence-corrected chi connectivity index (χ3v) is 5.87. The maximum Gasteiger partial charge on any atom is 0.196 e. The SMILES string of the molecule is CCOc1cc2c(cc1OCC)CN([C@H](C)C(=O)c1[nH]c(C)c(C(C)=O)c1C)CC2. The number of aromatic nitrogens is 1. The van der Waals surface area contributed by atoms with Crippen molar-refractivity contribution in [2.24, 2.45) is 0 Å². The molecule has 0 aliphatic carbocycles. The van der Waals surface area contributed by atoms with E-state index in [0.29, 0.717) is 31.0 Å². The van der Waals surface area contributed by atoms with Crippen LogP contribution >= 0.6 is 0 Å². The molecule has 0 saturated carbocycles. The lowest BCUT2D eigenvalue weighted by molar-refractivity contribution is 0.0814. The first kappa shape index (κ1) is 22.1. The Balaban J connectivity index is 1.84. The molecule has 1 aliphatic rings. The molecule has 2 aromatic rings. The number of H-pyrrole nitrogens is 1. The molecule has 1 aromatic heterocycles. The molecule has 6 heteroatoms. The van der Waals surface area contributed by atoms with Gasteiger partial charge in [-0.2, -0.15) is 0 Å².